The second-order valence-electron chi connectivity index (χ2n) is 12.1. The van der Waals surface area contributed by atoms with Gasteiger partial charge < -0.3 is 30.6 Å². The predicted molar refractivity (Wildman–Crippen MR) is 145 cm³/mol. The number of nitrogens with zero attached hydrogens (tertiary/aromatic N) is 6. The summed E-state index contributed by atoms with van der Waals surface area (Å²) in [5.41, 5.74) is 0.0348. The summed E-state index contributed by atoms with van der Waals surface area (Å²) < 4.78 is 1.34. The molecule has 1 aromatic rings. The highest BCUT2D eigenvalue weighted by atomic mass is 32.2. The van der Waals surface area contributed by atoms with E-state index < -0.39 is 11.9 Å². The van der Waals surface area contributed by atoms with Crippen LogP contribution in [0.5, 0.6) is 0 Å². The number of thioether (sulfide) groups is 1. The zero-order valence-corrected chi connectivity index (χ0v) is 23.9. The Morgan fingerprint density at radius 2 is 2.05 bits per heavy atom. The number of aliphatic hydroxyl groups excluding tert-OH is 1. The van der Waals surface area contributed by atoms with Gasteiger partial charge in [-0.15, -0.1) is 16.9 Å². The third-order valence-electron chi connectivity index (χ3n) is 9.38. The second kappa shape index (κ2) is 11.1. The van der Waals surface area contributed by atoms with Gasteiger partial charge in [0.2, 0.25) is 11.8 Å². The molecule has 222 valence electrons. The smallest absolute Gasteiger partial charge is 0.353 e. The number of fused-ring (bicyclic) bond motifs is 2. The Balaban J connectivity index is 1.07. The Labute approximate surface area is 241 Å². The molecular formula is C26H36N8O6S. The van der Waals surface area contributed by atoms with Crippen LogP contribution in [0.4, 0.5) is 0 Å². The first-order valence-electron chi connectivity index (χ1n) is 14.2. The monoisotopic (exact) mass is 588 g/mol. The van der Waals surface area contributed by atoms with Crippen molar-refractivity contribution in [1.82, 2.24) is 40.6 Å². The number of aliphatic carboxylic acids is 1. The van der Waals surface area contributed by atoms with Crippen LogP contribution in [0.15, 0.2) is 16.9 Å². The molecule has 0 saturated carbocycles. The topological polar surface area (TPSA) is 183 Å². The van der Waals surface area contributed by atoms with E-state index >= 15 is 0 Å². The average molecular weight is 589 g/mol. The fourth-order valence-electron chi connectivity index (χ4n) is 7.47. The Morgan fingerprint density at radius 3 is 2.73 bits per heavy atom. The molecule has 0 radical (unpaired) electrons. The number of ketones is 1. The summed E-state index contributed by atoms with van der Waals surface area (Å²) in [6.45, 7) is 5.84. The first kappa shape index (κ1) is 28.2. The minimum absolute atomic E-state index is 0.00251. The summed E-state index contributed by atoms with van der Waals surface area (Å²) in [4.78, 5) is 55.4. The molecule has 0 bridgehead atoms. The van der Waals surface area contributed by atoms with Crippen molar-refractivity contribution >= 4 is 35.3 Å². The minimum Gasteiger partial charge on any atom is -0.477 e. The van der Waals surface area contributed by atoms with Crippen LogP contribution in [-0.4, -0.2) is 119 Å². The van der Waals surface area contributed by atoms with Crippen LogP contribution in [0.25, 0.3) is 0 Å². The van der Waals surface area contributed by atoms with Crippen molar-refractivity contribution in [2.24, 2.45) is 23.7 Å². The van der Waals surface area contributed by atoms with Crippen molar-refractivity contribution in [1.29, 1.82) is 0 Å². The summed E-state index contributed by atoms with van der Waals surface area (Å²) in [6, 6.07) is -0.311. The maximum absolute atomic E-state index is 13.3. The molecule has 0 aliphatic carbocycles. The number of rotatable bonds is 10. The zero-order chi connectivity index (χ0) is 29.0. The van der Waals surface area contributed by atoms with Crippen LogP contribution in [-0.2, 0) is 25.7 Å². The van der Waals surface area contributed by atoms with Gasteiger partial charge in [0.15, 0.2) is 5.78 Å². The van der Waals surface area contributed by atoms with E-state index in [-0.39, 0.29) is 84.1 Å². The number of amides is 2. The number of Topliss-reactive ketones (excluding diaryl/α,β-unsaturated/α-hetero) is 1. The van der Waals surface area contributed by atoms with Crippen LogP contribution >= 0.6 is 11.8 Å². The molecule has 41 heavy (non-hydrogen) atoms. The third kappa shape index (κ3) is 5.06. The van der Waals surface area contributed by atoms with Crippen molar-refractivity contribution in [3.8, 4) is 0 Å². The highest BCUT2D eigenvalue weighted by Gasteiger charge is 2.60. The van der Waals surface area contributed by atoms with Gasteiger partial charge in [-0.3, -0.25) is 14.4 Å². The van der Waals surface area contributed by atoms with Crippen molar-refractivity contribution < 1.29 is 29.4 Å². The molecule has 3 unspecified atom stereocenters. The number of aromatic nitrogens is 4. The number of aliphatic hydroxyl groups is 1. The average Bonchev–Trinajstić information content (AvgIpc) is 3.73. The van der Waals surface area contributed by atoms with Crippen LogP contribution in [0.2, 0.25) is 0 Å². The lowest BCUT2D eigenvalue weighted by molar-refractivity contribution is -0.160. The number of carboxylic acids is 1. The largest absolute Gasteiger partial charge is 0.477 e. The van der Waals surface area contributed by atoms with Gasteiger partial charge in [0, 0.05) is 54.2 Å². The van der Waals surface area contributed by atoms with E-state index in [4.69, 9.17) is 0 Å². The third-order valence-corrected chi connectivity index (χ3v) is 10.9. The predicted octanol–water partition coefficient (Wildman–Crippen LogP) is -1.31. The number of hydrogen-bond acceptors (Lipinski definition) is 11. The molecular weight excluding hydrogens is 552 g/mol. The summed E-state index contributed by atoms with van der Waals surface area (Å²) in [5, 5.41) is 37.0. The summed E-state index contributed by atoms with van der Waals surface area (Å²) in [7, 11) is 0. The zero-order valence-electron chi connectivity index (χ0n) is 23.0. The summed E-state index contributed by atoms with van der Waals surface area (Å²) in [5.74, 6) is -1.95. The van der Waals surface area contributed by atoms with E-state index in [1.165, 1.54) is 27.7 Å². The minimum atomic E-state index is -1.13. The van der Waals surface area contributed by atoms with Crippen LogP contribution in [0.3, 0.4) is 0 Å². The maximum Gasteiger partial charge on any atom is 0.353 e. The standard InChI is InChI=1S/C26H36N8O6S/c1-12(3-16(36)8-33-11-28-30-31-33)20-21-13(2)23(22(26(39)40)34(21)25(20)38)41-17-5-18(27-6-17)24(37)32-7-14-4-15(10-35)29-19(14)9-32/h11-15,17-21,27,29,35H,3-10H2,1-2H3,(H,39,40)/t12-,13+,14?,15?,17-,18-,19?,20+,21+/m0/s1. The molecule has 14 nitrogen and oxygen atoms in total. The van der Waals surface area contributed by atoms with Crippen molar-refractivity contribution in [3.05, 3.63) is 16.9 Å². The van der Waals surface area contributed by atoms with Gasteiger partial charge >= 0.3 is 5.97 Å². The number of carbonyl (C=O) groups is 4. The van der Waals surface area contributed by atoms with Gasteiger partial charge in [-0.25, -0.2) is 9.48 Å². The van der Waals surface area contributed by atoms with Gasteiger partial charge in [0.05, 0.1) is 24.6 Å². The second-order valence-corrected chi connectivity index (χ2v) is 13.4. The molecule has 4 saturated heterocycles. The van der Waals surface area contributed by atoms with E-state index in [0.717, 1.165) is 6.42 Å². The molecule has 2 amide bonds. The van der Waals surface area contributed by atoms with Crippen LogP contribution < -0.4 is 10.6 Å². The molecule has 0 spiro atoms. The molecule has 1 aromatic heterocycles. The number of likely N-dealkylation sites (tertiary alicyclic amines) is 1. The number of hydrogen-bond donors (Lipinski definition) is 4. The molecule has 5 aliphatic rings. The van der Waals surface area contributed by atoms with Crippen molar-refractivity contribution in [3.63, 3.8) is 0 Å². The lowest BCUT2D eigenvalue weighted by atomic mass is 9.73. The number of nitrogens with one attached hydrogen (secondary N) is 2. The SMILES string of the molecule is C[C@@H](CC(=O)Cn1cnnn1)[C@H]1C(=O)N2C(C(=O)O)=C(S[C@@H]3CN[C@H](C(=O)N4CC5CC(CO)NC5C4)C3)[C@H](C)[C@H]12. The van der Waals surface area contributed by atoms with E-state index in [1.807, 2.05) is 18.7 Å². The summed E-state index contributed by atoms with van der Waals surface area (Å²) in [6.07, 6.45) is 2.98. The maximum atomic E-state index is 13.3. The van der Waals surface area contributed by atoms with E-state index in [9.17, 15) is 29.4 Å². The first-order chi connectivity index (χ1) is 19.7. The lowest BCUT2D eigenvalue weighted by Gasteiger charge is -2.47. The molecule has 15 heteroatoms. The Morgan fingerprint density at radius 1 is 1.24 bits per heavy atom. The number of carboxylic acid groups (broad SMARTS) is 1. The number of carbonyl (C=O) groups excluding carboxylic acids is 3. The fourth-order valence-corrected chi connectivity index (χ4v) is 8.95. The van der Waals surface area contributed by atoms with Gasteiger partial charge in [0.1, 0.15) is 18.6 Å². The number of tetrazole rings is 1. The normalized spacial score (nSPS) is 35.0. The van der Waals surface area contributed by atoms with E-state index in [0.29, 0.717) is 36.9 Å². The molecule has 9 atom stereocenters. The van der Waals surface area contributed by atoms with Gasteiger partial charge in [0.25, 0.3) is 0 Å². The quantitative estimate of drug-likeness (QED) is 0.237. The Hall–Kier alpha value is -2.88. The van der Waals surface area contributed by atoms with Crippen LogP contribution in [0, 0.1) is 23.7 Å². The van der Waals surface area contributed by atoms with Crippen LogP contribution in [0.1, 0.15) is 33.1 Å². The van der Waals surface area contributed by atoms with E-state index in [2.05, 4.69) is 26.2 Å². The first-order valence-corrected chi connectivity index (χ1v) is 15.1. The molecule has 6 rings (SSSR count). The van der Waals surface area contributed by atoms with Crippen molar-refractivity contribution in [2.75, 3.05) is 26.2 Å². The molecule has 6 heterocycles. The van der Waals surface area contributed by atoms with Gasteiger partial charge in [-0.2, -0.15) is 0 Å². The molecule has 0 aromatic carbocycles. The molecule has 4 N–H and O–H groups in total. The van der Waals surface area contributed by atoms with Gasteiger partial charge in [-0.1, -0.05) is 13.8 Å². The molecule has 5 aliphatic heterocycles. The highest BCUT2D eigenvalue weighted by Crippen LogP contribution is 2.53. The Kier molecular flexibility index (Phi) is 7.63. The summed E-state index contributed by atoms with van der Waals surface area (Å²) >= 11 is 1.46. The van der Waals surface area contributed by atoms with Crippen molar-refractivity contribution in [2.45, 2.75) is 69.1 Å². The Bertz CT molecular complexity index is 1240. The fraction of sp³-hybridized carbons (Fsp3) is 0.731. The lowest BCUT2D eigenvalue weighted by Crippen LogP contribution is -2.62. The van der Waals surface area contributed by atoms with E-state index in [1.54, 1.807) is 0 Å². The molecule has 4 fully saturated rings. The number of β-lactam (4-membered cyclic amide) rings is 1. The highest BCUT2D eigenvalue weighted by molar-refractivity contribution is 8.03. The van der Waals surface area contributed by atoms with Gasteiger partial charge in [-0.05, 0) is 35.1 Å².